The van der Waals surface area contributed by atoms with Crippen molar-refractivity contribution >= 4 is 15.9 Å². The molecular formula is C22H23N3O4S. The highest BCUT2D eigenvalue weighted by Gasteiger charge is 2.29. The standard InChI is InChI=1S/C22H23N3O4S/c26-22(21-15-20(24-29-21)18-7-3-1-4-8-18)23-16-17-11-13-25(14-12-17)30(27,28)19-9-5-2-6-10-19/h1-10,15,17H,11-14,16H2,(H,23,26). The molecule has 0 bridgehead atoms. The Morgan fingerprint density at radius 2 is 1.67 bits per heavy atom. The van der Waals surface area contributed by atoms with E-state index in [0.717, 1.165) is 5.56 Å². The normalized spacial score (nSPS) is 15.7. The van der Waals surface area contributed by atoms with Crippen molar-refractivity contribution in [1.82, 2.24) is 14.8 Å². The van der Waals surface area contributed by atoms with Crippen molar-refractivity contribution < 1.29 is 17.7 Å². The molecule has 7 nitrogen and oxygen atoms in total. The Labute approximate surface area is 175 Å². The molecule has 1 amide bonds. The number of hydrogen-bond acceptors (Lipinski definition) is 5. The van der Waals surface area contributed by atoms with E-state index in [1.54, 1.807) is 36.4 Å². The molecule has 8 heteroatoms. The number of rotatable bonds is 6. The van der Waals surface area contributed by atoms with Gasteiger partial charge < -0.3 is 9.84 Å². The first-order valence-corrected chi connectivity index (χ1v) is 11.3. The zero-order chi connectivity index (χ0) is 21.0. The number of nitrogens with one attached hydrogen (secondary N) is 1. The molecule has 0 spiro atoms. The number of amides is 1. The number of benzene rings is 2. The molecule has 1 saturated heterocycles. The Morgan fingerprint density at radius 3 is 2.33 bits per heavy atom. The van der Waals surface area contributed by atoms with Crippen molar-refractivity contribution in [2.24, 2.45) is 5.92 Å². The Hall–Kier alpha value is -2.97. The molecule has 4 rings (SSSR count). The molecule has 2 aromatic carbocycles. The van der Waals surface area contributed by atoms with Crippen LogP contribution in [0.5, 0.6) is 0 Å². The fourth-order valence-electron chi connectivity index (χ4n) is 3.55. The topological polar surface area (TPSA) is 92.5 Å². The van der Waals surface area contributed by atoms with Gasteiger partial charge in [0.15, 0.2) is 0 Å². The molecule has 0 aliphatic carbocycles. The zero-order valence-corrected chi connectivity index (χ0v) is 17.2. The lowest BCUT2D eigenvalue weighted by Gasteiger charge is -2.31. The number of carbonyl (C=O) groups excluding carboxylic acids is 1. The number of nitrogens with zero attached hydrogens (tertiary/aromatic N) is 2. The number of piperidine rings is 1. The number of aromatic nitrogens is 1. The summed E-state index contributed by atoms with van der Waals surface area (Å²) >= 11 is 0. The van der Waals surface area contributed by atoms with Gasteiger partial charge in [0.2, 0.25) is 15.8 Å². The minimum absolute atomic E-state index is 0.165. The Bertz CT molecular complexity index is 1090. The summed E-state index contributed by atoms with van der Waals surface area (Å²) in [6, 6.07) is 19.6. The van der Waals surface area contributed by atoms with Crippen LogP contribution in [0.25, 0.3) is 11.3 Å². The van der Waals surface area contributed by atoms with Crippen molar-refractivity contribution in [3.8, 4) is 11.3 Å². The predicted octanol–water partition coefficient (Wildman–Crippen LogP) is 3.17. The Kier molecular flexibility index (Phi) is 5.96. The lowest BCUT2D eigenvalue weighted by molar-refractivity contribution is 0.0904. The van der Waals surface area contributed by atoms with Crippen molar-refractivity contribution in [3.63, 3.8) is 0 Å². The van der Waals surface area contributed by atoms with Crippen LogP contribution in [0.3, 0.4) is 0 Å². The van der Waals surface area contributed by atoms with E-state index >= 15 is 0 Å². The smallest absolute Gasteiger partial charge is 0.289 e. The summed E-state index contributed by atoms with van der Waals surface area (Å²) in [5.41, 5.74) is 1.49. The maximum Gasteiger partial charge on any atom is 0.289 e. The molecule has 30 heavy (non-hydrogen) atoms. The van der Waals surface area contributed by atoms with Gasteiger partial charge in [-0.15, -0.1) is 0 Å². The summed E-state index contributed by atoms with van der Waals surface area (Å²) in [6.07, 6.45) is 1.38. The second-order valence-electron chi connectivity index (χ2n) is 7.31. The van der Waals surface area contributed by atoms with Gasteiger partial charge in [-0.1, -0.05) is 53.7 Å². The molecule has 1 aromatic heterocycles. The van der Waals surface area contributed by atoms with Crippen LogP contribution < -0.4 is 5.32 Å². The van der Waals surface area contributed by atoms with E-state index in [-0.39, 0.29) is 17.6 Å². The molecule has 0 saturated carbocycles. The van der Waals surface area contributed by atoms with Gasteiger partial charge in [-0.3, -0.25) is 4.79 Å². The number of sulfonamides is 1. The van der Waals surface area contributed by atoms with Crippen LogP contribution >= 0.6 is 0 Å². The van der Waals surface area contributed by atoms with Crippen LogP contribution in [0.1, 0.15) is 23.4 Å². The van der Waals surface area contributed by atoms with E-state index in [1.807, 2.05) is 30.3 Å². The second kappa shape index (κ2) is 8.81. The molecule has 1 fully saturated rings. The number of carbonyl (C=O) groups is 1. The summed E-state index contributed by atoms with van der Waals surface area (Å²) in [6.45, 7) is 1.36. The molecule has 156 valence electrons. The molecule has 1 aliphatic heterocycles. The van der Waals surface area contributed by atoms with Crippen LogP contribution in [0, 0.1) is 5.92 Å². The number of hydrogen-bond donors (Lipinski definition) is 1. The van der Waals surface area contributed by atoms with Crippen LogP contribution in [-0.2, 0) is 10.0 Å². The quantitative estimate of drug-likeness (QED) is 0.655. The summed E-state index contributed by atoms with van der Waals surface area (Å²) in [5, 5.41) is 6.84. The van der Waals surface area contributed by atoms with Gasteiger partial charge in [-0.25, -0.2) is 8.42 Å². The van der Waals surface area contributed by atoms with E-state index in [2.05, 4.69) is 10.5 Å². The highest BCUT2D eigenvalue weighted by molar-refractivity contribution is 7.89. The van der Waals surface area contributed by atoms with Crippen LogP contribution in [0.15, 0.2) is 76.1 Å². The lowest BCUT2D eigenvalue weighted by atomic mass is 9.98. The molecule has 0 atom stereocenters. The van der Waals surface area contributed by atoms with E-state index in [0.29, 0.717) is 43.1 Å². The third-order valence-electron chi connectivity index (χ3n) is 5.31. The summed E-state index contributed by atoms with van der Waals surface area (Å²) < 4.78 is 32.1. The summed E-state index contributed by atoms with van der Waals surface area (Å²) in [5.74, 6) is 0.0645. The lowest BCUT2D eigenvalue weighted by Crippen LogP contribution is -2.41. The third-order valence-corrected chi connectivity index (χ3v) is 7.22. The minimum atomic E-state index is -3.46. The van der Waals surface area contributed by atoms with Crippen molar-refractivity contribution in [2.45, 2.75) is 17.7 Å². The average Bonchev–Trinajstić information content (AvgIpc) is 3.29. The van der Waals surface area contributed by atoms with E-state index in [1.165, 1.54) is 4.31 Å². The maximum absolute atomic E-state index is 12.7. The fraction of sp³-hybridized carbons (Fsp3) is 0.273. The third kappa shape index (κ3) is 4.44. The fourth-order valence-corrected chi connectivity index (χ4v) is 5.04. The maximum atomic E-state index is 12.7. The first-order chi connectivity index (χ1) is 14.5. The summed E-state index contributed by atoms with van der Waals surface area (Å²) in [7, 11) is -3.46. The molecule has 1 N–H and O–H groups in total. The minimum Gasteiger partial charge on any atom is -0.350 e. The largest absolute Gasteiger partial charge is 0.350 e. The van der Waals surface area contributed by atoms with Gasteiger partial charge in [0.1, 0.15) is 5.69 Å². The Balaban J connectivity index is 1.29. The van der Waals surface area contributed by atoms with Gasteiger partial charge >= 0.3 is 0 Å². The first-order valence-electron chi connectivity index (χ1n) is 9.89. The highest BCUT2D eigenvalue weighted by atomic mass is 32.2. The van der Waals surface area contributed by atoms with Crippen molar-refractivity contribution in [1.29, 1.82) is 0 Å². The van der Waals surface area contributed by atoms with Crippen LogP contribution in [-0.4, -0.2) is 43.4 Å². The van der Waals surface area contributed by atoms with Crippen LogP contribution in [0.2, 0.25) is 0 Å². The zero-order valence-electron chi connectivity index (χ0n) is 16.4. The molecule has 0 unspecified atom stereocenters. The van der Waals surface area contributed by atoms with Gasteiger partial charge in [-0.05, 0) is 30.9 Å². The van der Waals surface area contributed by atoms with E-state index < -0.39 is 10.0 Å². The molecular weight excluding hydrogens is 402 g/mol. The van der Waals surface area contributed by atoms with E-state index in [4.69, 9.17) is 4.52 Å². The van der Waals surface area contributed by atoms with Crippen molar-refractivity contribution in [2.75, 3.05) is 19.6 Å². The van der Waals surface area contributed by atoms with Gasteiger partial charge in [0, 0.05) is 31.3 Å². The summed E-state index contributed by atoms with van der Waals surface area (Å²) in [4.78, 5) is 12.7. The van der Waals surface area contributed by atoms with E-state index in [9.17, 15) is 13.2 Å². The van der Waals surface area contributed by atoms with Gasteiger partial charge in [-0.2, -0.15) is 4.31 Å². The molecule has 2 heterocycles. The molecule has 3 aromatic rings. The highest BCUT2D eigenvalue weighted by Crippen LogP contribution is 2.24. The van der Waals surface area contributed by atoms with Gasteiger partial charge in [0.05, 0.1) is 4.90 Å². The predicted molar refractivity (Wildman–Crippen MR) is 112 cm³/mol. The van der Waals surface area contributed by atoms with Gasteiger partial charge in [0.25, 0.3) is 5.91 Å². The van der Waals surface area contributed by atoms with Crippen LogP contribution in [0.4, 0.5) is 0 Å². The SMILES string of the molecule is O=C(NCC1CCN(S(=O)(=O)c2ccccc2)CC1)c1cc(-c2ccccc2)no1. The Morgan fingerprint density at radius 1 is 1.03 bits per heavy atom. The monoisotopic (exact) mass is 425 g/mol. The van der Waals surface area contributed by atoms with Crippen molar-refractivity contribution in [3.05, 3.63) is 72.5 Å². The molecule has 1 aliphatic rings. The second-order valence-corrected chi connectivity index (χ2v) is 9.25. The average molecular weight is 426 g/mol. The first kappa shape index (κ1) is 20.3. The molecule has 0 radical (unpaired) electrons.